The summed E-state index contributed by atoms with van der Waals surface area (Å²) in [5.74, 6) is 0. The first-order valence-electron chi connectivity index (χ1n) is 5.71. The molecule has 1 aromatic heterocycles. The molecule has 0 spiro atoms. The number of benzene rings is 1. The molecule has 0 radical (unpaired) electrons. The Morgan fingerprint density at radius 1 is 1.14 bits per heavy atom. The van der Waals surface area contributed by atoms with Crippen molar-refractivity contribution in [3.63, 3.8) is 0 Å². The van der Waals surface area contributed by atoms with Gasteiger partial charge in [-0.25, -0.2) is 13.4 Å². The molecule has 1 heterocycles. The van der Waals surface area contributed by atoms with Crippen molar-refractivity contribution in [3.8, 4) is 0 Å². The summed E-state index contributed by atoms with van der Waals surface area (Å²) >= 11 is 4.41. The zero-order valence-corrected chi connectivity index (χ0v) is 12.3. The van der Waals surface area contributed by atoms with Crippen molar-refractivity contribution in [2.45, 2.75) is 16.1 Å². The fourth-order valence-electron chi connectivity index (χ4n) is 1.61. The van der Waals surface area contributed by atoms with Crippen LogP contribution >= 0.6 is 12.2 Å². The lowest BCUT2D eigenvalue weighted by atomic mass is 10.3. The Kier molecular flexibility index (Phi) is 4.41. The van der Waals surface area contributed by atoms with E-state index in [0.29, 0.717) is 17.8 Å². The summed E-state index contributed by atoms with van der Waals surface area (Å²) in [6.07, 6.45) is -3.84. The molecule has 0 aliphatic rings. The summed E-state index contributed by atoms with van der Waals surface area (Å²) in [5.41, 5.74) is -0.700. The fraction of sp³-hybridized carbons (Fsp3) is 0.0769. The maximum absolute atomic E-state index is 12.6. The van der Waals surface area contributed by atoms with Crippen LogP contribution in [0, 0.1) is 0 Å². The quantitative estimate of drug-likeness (QED) is 0.630. The number of hydrogen-bond donors (Lipinski definition) is 0. The molecule has 0 aliphatic carbocycles. The van der Waals surface area contributed by atoms with Gasteiger partial charge in [0.15, 0.2) is 5.03 Å². The van der Waals surface area contributed by atoms with Gasteiger partial charge in [-0.1, -0.05) is 0 Å². The molecule has 9 heteroatoms. The Bertz CT molecular complexity index is 840. The molecule has 0 atom stereocenters. The van der Waals surface area contributed by atoms with Crippen LogP contribution in [0.25, 0.3) is 0 Å². The summed E-state index contributed by atoms with van der Waals surface area (Å²) in [5, 5.41) is 1.45. The molecule has 0 aliphatic heterocycles. The number of alkyl halides is 3. The lowest BCUT2D eigenvalue weighted by Gasteiger charge is -2.08. The van der Waals surface area contributed by atoms with Crippen molar-refractivity contribution in [2.24, 2.45) is 4.99 Å². The molecule has 114 valence electrons. The molecular formula is C13H7F3N2O2S2. The van der Waals surface area contributed by atoms with Gasteiger partial charge in [0.1, 0.15) is 0 Å². The summed E-state index contributed by atoms with van der Waals surface area (Å²) < 4.78 is 62.5. The molecule has 2 rings (SSSR count). The van der Waals surface area contributed by atoms with Crippen molar-refractivity contribution >= 4 is 32.9 Å². The second-order valence-electron chi connectivity index (χ2n) is 4.08. The van der Waals surface area contributed by atoms with Gasteiger partial charge in [0, 0.05) is 6.20 Å². The maximum atomic E-state index is 12.6. The molecule has 0 fully saturated rings. The van der Waals surface area contributed by atoms with Crippen molar-refractivity contribution < 1.29 is 21.6 Å². The Morgan fingerprint density at radius 2 is 1.77 bits per heavy atom. The molecule has 0 amide bonds. The Morgan fingerprint density at radius 3 is 2.32 bits per heavy atom. The SMILES string of the molecule is O=S(=O)(c1ccc(N=C=S)cc1)c1cc(C(F)(F)F)ccn1. The highest BCUT2D eigenvalue weighted by Crippen LogP contribution is 2.31. The van der Waals surface area contributed by atoms with Crippen LogP contribution < -0.4 is 0 Å². The van der Waals surface area contributed by atoms with Gasteiger partial charge < -0.3 is 0 Å². The highest BCUT2D eigenvalue weighted by Gasteiger charge is 2.32. The number of thiocarbonyl (C=S) groups is 1. The van der Waals surface area contributed by atoms with Gasteiger partial charge >= 0.3 is 6.18 Å². The molecule has 0 saturated heterocycles. The van der Waals surface area contributed by atoms with Crippen LogP contribution in [0.3, 0.4) is 0 Å². The molecule has 1 aromatic carbocycles. The normalized spacial score (nSPS) is 11.8. The summed E-state index contributed by atoms with van der Waals surface area (Å²) in [6.45, 7) is 0. The minimum absolute atomic E-state index is 0.192. The Labute approximate surface area is 129 Å². The van der Waals surface area contributed by atoms with E-state index in [9.17, 15) is 21.6 Å². The van der Waals surface area contributed by atoms with Gasteiger partial charge in [0.2, 0.25) is 9.84 Å². The molecule has 22 heavy (non-hydrogen) atoms. The second-order valence-corrected chi connectivity index (χ2v) is 6.16. The number of nitrogens with zero attached hydrogens (tertiary/aromatic N) is 2. The fourth-order valence-corrected chi connectivity index (χ4v) is 2.93. The number of aliphatic imine (C=N–C) groups is 1. The van der Waals surface area contributed by atoms with E-state index in [1.54, 1.807) is 0 Å². The van der Waals surface area contributed by atoms with Crippen LogP contribution in [-0.2, 0) is 16.0 Å². The first kappa shape index (κ1) is 16.3. The predicted molar refractivity (Wildman–Crippen MR) is 75.8 cm³/mol. The van der Waals surface area contributed by atoms with E-state index < -0.39 is 26.6 Å². The molecule has 0 bridgehead atoms. The molecule has 0 N–H and O–H groups in total. The van der Waals surface area contributed by atoms with Gasteiger partial charge in [-0.2, -0.15) is 18.2 Å². The van der Waals surface area contributed by atoms with Crippen LogP contribution in [0.2, 0.25) is 0 Å². The molecule has 0 unspecified atom stereocenters. The minimum atomic E-state index is -4.65. The summed E-state index contributed by atoms with van der Waals surface area (Å²) in [4.78, 5) is 6.98. The third-order valence-electron chi connectivity index (χ3n) is 2.66. The van der Waals surface area contributed by atoms with Gasteiger partial charge in [0.05, 0.1) is 21.3 Å². The van der Waals surface area contributed by atoms with Gasteiger partial charge in [0.25, 0.3) is 0 Å². The van der Waals surface area contributed by atoms with Crippen LogP contribution in [0.1, 0.15) is 5.56 Å². The number of sulfone groups is 1. The van der Waals surface area contributed by atoms with E-state index in [1.165, 1.54) is 24.3 Å². The number of rotatable bonds is 3. The second kappa shape index (κ2) is 5.96. The van der Waals surface area contributed by atoms with E-state index in [2.05, 4.69) is 27.4 Å². The van der Waals surface area contributed by atoms with Crippen molar-refractivity contribution in [1.82, 2.24) is 4.98 Å². The maximum Gasteiger partial charge on any atom is 0.416 e. The van der Waals surface area contributed by atoms with Crippen LogP contribution in [0.15, 0.2) is 57.5 Å². The lowest BCUT2D eigenvalue weighted by molar-refractivity contribution is -0.137. The van der Waals surface area contributed by atoms with Gasteiger partial charge in [-0.05, 0) is 48.6 Å². The summed E-state index contributed by atoms with van der Waals surface area (Å²) in [6, 6.07) is 6.35. The number of aromatic nitrogens is 1. The van der Waals surface area contributed by atoms with E-state index in [1.807, 2.05) is 0 Å². The van der Waals surface area contributed by atoms with Crippen molar-refractivity contribution in [3.05, 3.63) is 48.2 Å². The predicted octanol–water partition coefficient (Wildman–Crippen LogP) is 3.67. The smallest absolute Gasteiger partial charge is 0.244 e. The van der Waals surface area contributed by atoms with E-state index in [4.69, 9.17) is 0 Å². The number of isothiocyanates is 1. The Hall–Kier alpha value is -2.09. The molecule has 0 saturated carbocycles. The van der Waals surface area contributed by atoms with Crippen LogP contribution in [0.4, 0.5) is 18.9 Å². The number of halogens is 3. The standard InChI is InChI=1S/C13H7F3N2O2S2/c14-13(15,16)9-5-6-17-12(7-9)22(19,20)11-3-1-10(2-4-11)18-8-21/h1-7H. The number of pyridine rings is 1. The van der Waals surface area contributed by atoms with E-state index >= 15 is 0 Å². The van der Waals surface area contributed by atoms with Gasteiger partial charge in [-0.3, -0.25) is 0 Å². The molecular weight excluding hydrogens is 337 g/mol. The van der Waals surface area contributed by atoms with Crippen molar-refractivity contribution in [1.29, 1.82) is 0 Å². The first-order valence-corrected chi connectivity index (χ1v) is 7.60. The molecule has 2 aromatic rings. The third kappa shape index (κ3) is 3.38. The highest BCUT2D eigenvalue weighted by molar-refractivity contribution is 7.91. The minimum Gasteiger partial charge on any atom is -0.244 e. The number of hydrogen-bond acceptors (Lipinski definition) is 5. The lowest BCUT2D eigenvalue weighted by Crippen LogP contribution is -2.09. The zero-order valence-electron chi connectivity index (χ0n) is 10.7. The largest absolute Gasteiger partial charge is 0.416 e. The molecule has 4 nitrogen and oxygen atoms in total. The topological polar surface area (TPSA) is 59.4 Å². The van der Waals surface area contributed by atoms with Crippen LogP contribution in [0.5, 0.6) is 0 Å². The van der Waals surface area contributed by atoms with E-state index in [0.717, 1.165) is 6.20 Å². The first-order chi connectivity index (χ1) is 10.2. The average molecular weight is 344 g/mol. The average Bonchev–Trinajstić information content (AvgIpc) is 2.47. The Balaban J connectivity index is 2.48. The van der Waals surface area contributed by atoms with Crippen molar-refractivity contribution in [2.75, 3.05) is 0 Å². The highest BCUT2D eigenvalue weighted by atomic mass is 32.2. The third-order valence-corrected chi connectivity index (χ3v) is 4.42. The zero-order chi connectivity index (χ0) is 16.4. The van der Waals surface area contributed by atoms with Gasteiger partial charge in [-0.15, -0.1) is 0 Å². The summed E-state index contributed by atoms with van der Waals surface area (Å²) in [7, 11) is -4.15. The monoisotopic (exact) mass is 344 g/mol. The van der Waals surface area contributed by atoms with Crippen LogP contribution in [-0.4, -0.2) is 18.6 Å². The van der Waals surface area contributed by atoms with E-state index in [-0.39, 0.29) is 4.90 Å².